The van der Waals surface area contributed by atoms with E-state index in [2.05, 4.69) is 15.6 Å². The van der Waals surface area contributed by atoms with Crippen molar-refractivity contribution in [1.82, 2.24) is 15.6 Å². The zero-order valence-electron chi connectivity index (χ0n) is 11.3. The molecule has 2 atom stereocenters. The number of aromatic amines is 1. The normalized spacial score (nSPS) is 21.9. The van der Waals surface area contributed by atoms with Crippen LogP contribution in [0.15, 0.2) is 12.1 Å². The molecule has 0 saturated carbocycles. The Morgan fingerprint density at radius 1 is 1.33 bits per heavy atom. The second-order valence-corrected chi connectivity index (χ2v) is 5.76. The summed E-state index contributed by atoms with van der Waals surface area (Å²) in [4.78, 5) is 14.8. The largest absolute Gasteiger partial charge is 0.348 e. The van der Waals surface area contributed by atoms with Gasteiger partial charge in [0.25, 0.3) is 5.91 Å². The average molecular weight is 314 g/mol. The Morgan fingerprint density at radius 2 is 2.10 bits per heavy atom. The molecule has 1 aromatic heterocycles. The molecule has 3 rings (SSSR count). The van der Waals surface area contributed by atoms with Crippen molar-refractivity contribution in [1.29, 1.82) is 0 Å². The molecule has 1 amide bonds. The minimum atomic E-state index is -1.12. The predicted molar refractivity (Wildman–Crippen MR) is 76.5 cm³/mol. The lowest BCUT2D eigenvalue weighted by atomic mass is 10.1. The summed E-state index contributed by atoms with van der Waals surface area (Å²) in [6.07, 6.45) is 0. The quantitative estimate of drug-likeness (QED) is 0.746. The van der Waals surface area contributed by atoms with Crippen LogP contribution in [0.25, 0.3) is 10.9 Å². The highest BCUT2D eigenvalue weighted by Crippen LogP contribution is 2.27. The zero-order valence-corrected chi connectivity index (χ0v) is 12.0. The first-order chi connectivity index (χ1) is 9.97. The molecule has 1 aliphatic rings. The Bertz CT molecular complexity index is 716. The molecule has 1 saturated heterocycles. The van der Waals surface area contributed by atoms with Gasteiger partial charge in [-0.25, -0.2) is 8.78 Å². The molecule has 1 fully saturated rings. The van der Waals surface area contributed by atoms with Crippen LogP contribution >= 0.6 is 11.6 Å². The number of fused-ring (bicyclic) bond motifs is 1. The third kappa shape index (κ3) is 2.49. The van der Waals surface area contributed by atoms with Crippen LogP contribution < -0.4 is 10.6 Å². The lowest BCUT2D eigenvalue weighted by Crippen LogP contribution is -2.39. The van der Waals surface area contributed by atoms with Crippen molar-refractivity contribution in [2.75, 3.05) is 13.1 Å². The van der Waals surface area contributed by atoms with Gasteiger partial charge in [0, 0.05) is 18.0 Å². The minimum Gasteiger partial charge on any atom is -0.348 e. The summed E-state index contributed by atoms with van der Waals surface area (Å²) >= 11 is 5.60. The van der Waals surface area contributed by atoms with Crippen molar-refractivity contribution >= 4 is 28.4 Å². The first-order valence-electron chi connectivity index (χ1n) is 6.65. The molecule has 2 aromatic rings. The number of H-pyrrole nitrogens is 1. The average Bonchev–Trinajstić information content (AvgIpc) is 3.03. The van der Waals surface area contributed by atoms with Gasteiger partial charge >= 0.3 is 0 Å². The number of carbonyl (C=O) groups is 1. The van der Waals surface area contributed by atoms with Gasteiger partial charge in [-0.2, -0.15) is 0 Å². The smallest absolute Gasteiger partial charge is 0.268 e. The molecule has 21 heavy (non-hydrogen) atoms. The Balaban J connectivity index is 1.90. The van der Waals surface area contributed by atoms with E-state index < -0.39 is 11.6 Å². The summed E-state index contributed by atoms with van der Waals surface area (Å²) in [5.74, 6) is -2.22. The summed E-state index contributed by atoms with van der Waals surface area (Å²) in [6.45, 7) is 3.57. The van der Waals surface area contributed by atoms with E-state index in [-0.39, 0.29) is 28.2 Å². The van der Waals surface area contributed by atoms with Gasteiger partial charge in [-0.1, -0.05) is 18.5 Å². The van der Waals surface area contributed by atoms with E-state index in [0.717, 1.165) is 6.54 Å². The minimum absolute atomic E-state index is 0.0223. The Morgan fingerprint density at radius 3 is 2.76 bits per heavy atom. The molecule has 0 aliphatic carbocycles. The molecule has 0 unspecified atom stereocenters. The zero-order chi connectivity index (χ0) is 15.1. The molecule has 0 radical (unpaired) electrons. The molecule has 7 heteroatoms. The molecule has 0 bridgehead atoms. The van der Waals surface area contributed by atoms with E-state index in [1.54, 1.807) is 0 Å². The Labute approximate surface area is 124 Å². The fourth-order valence-corrected chi connectivity index (χ4v) is 2.75. The monoisotopic (exact) mass is 313 g/mol. The molecular weight excluding hydrogens is 300 g/mol. The maximum absolute atomic E-state index is 13.8. The maximum atomic E-state index is 13.8. The van der Waals surface area contributed by atoms with Crippen molar-refractivity contribution in [3.05, 3.63) is 34.5 Å². The van der Waals surface area contributed by atoms with Crippen molar-refractivity contribution in [2.45, 2.75) is 13.0 Å². The standard InChI is InChI=1S/C14H14ClF2N3O/c1-6-4-18-5-10(6)20-14(21)9-3-7-2-8(15)11(16)12(17)13(7)19-9/h2-3,6,10,18-19H,4-5H2,1H3,(H,20,21)/t6-,10-/m1/s1. The van der Waals surface area contributed by atoms with Gasteiger partial charge in [-0.05, 0) is 24.6 Å². The highest BCUT2D eigenvalue weighted by atomic mass is 35.5. The summed E-state index contributed by atoms with van der Waals surface area (Å²) in [6, 6.07) is 2.78. The van der Waals surface area contributed by atoms with Crippen molar-refractivity contribution < 1.29 is 13.6 Å². The van der Waals surface area contributed by atoms with Gasteiger partial charge < -0.3 is 15.6 Å². The van der Waals surface area contributed by atoms with E-state index >= 15 is 0 Å². The molecule has 4 nitrogen and oxygen atoms in total. The molecule has 3 N–H and O–H groups in total. The highest BCUT2D eigenvalue weighted by molar-refractivity contribution is 6.31. The SMILES string of the molecule is C[C@@H]1CNC[C@H]1NC(=O)c1cc2cc(Cl)c(F)c(F)c2[nH]1. The molecule has 1 aliphatic heterocycles. The van der Waals surface area contributed by atoms with Crippen LogP contribution in [0.3, 0.4) is 0 Å². The van der Waals surface area contributed by atoms with Crippen LogP contribution in [0.2, 0.25) is 5.02 Å². The second-order valence-electron chi connectivity index (χ2n) is 5.35. The molecule has 1 aromatic carbocycles. The number of halogens is 3. The Hall–Kier alpha value is -1.66. The number of carbonyl (C=O) groups excluding carboxylic acids is 1. The fourth-order valence-electron chi connectivity index (χ4n) is 2.55. The number of hydrogen-bond donors (Lipinski definition) is 3. The predicted octanol–water partition coefficient (Wildman–Crippen LogP) is 2.44. The van der Waals surface area contributed by atoms with E-state index in [1.807, 2.05) is 6.92 Å². The summed E-state index contributed by atoms with van der Waals surface area (Å²) in [7, 11) is 0. The number of amides is 1. The van der Waals surface area contributed by atoms with E-state index in [4.69, 9.17) is 11.6 Å². The van der Waals surface area contributed by atoms with Gasteiger partial charge in [0.05, 0.1) is 10.5 Å². The lowest BCUT2D eigenvalue weighted by Gasteiger charge is -2.15. The van der Waals surface area contributed by atoms with Crippen LogP contribution in [0.5, 0.6) is 0 Å². The van der Waals surface area contributed by atoms with Gasteiger partial charge in [0.15, 0.2) is 11.6 Å². The lowest BCUT2D eigenvalue weighted by molar-refractivity contribution is 0.0928. The van der Waals surface area contributed by atoms with Crippen LogP contribution in [0, 0.1) is 17.6 Å². The van der Waals surface area contributed by atoms with Gasteiger partial charge in [0.1, 0.15) is 5.69 Å². The van der Waals surface area contributed by atoms with E-state index in [0.29, 0.717) is 17.8 Å². The van der Waals surface area contributed by atoms with Crippen LogP contribution in [0.1, 0.15) is 17.4 Å². The first kappa shape index (κ1) is 14.3. The van der Waals surface area contributed by atoms with Gasteiger partial charge in [-0.15, -0.1) is 0 Å². The Kier molecular flexibility index (Phi) is 3.59. The number of benzene rings is 1. The molecule has 0 spiro atoms. The van der Waals surface area contributed by atoms with Crippen molar-refractivity contribution in [3.8, 4) is 0 Å². The highest BCUT2D eigenvalue weighted by Gasteiger charge is 2.25. The topological polar surface area (TPSA) is 56.9 Å². The van der Waals surface area contributed by atoms with Crippen molar-refractivity contribution in [2.24, 2.45) is 5.92 Å². The van der Waals surface area contributed by atoms with Crippen LogP contribution in [-0.4, -0.2) is 30.0 Å². The molecular formula is C14H14ClF2N3O. The molecule has 112 valence electrons. The molecule has 2 heterocycles. The first-order valence-corrected chi connectivity index (χ1v) is 7.03. The van der Waals surface area contributed by atoms with Gasteiger partial charge in [0.2, 0.25) is 0 Å². The number of hydrogen-bond acceptors (Lipinski definition) is 2. The summed E-state index contributed by atoms with van der Waals surface area (Å²) in [5, 5.41) is 6.11. The fraction of sp³-hybridized carbons (Fsp3) is 0.357. The second kappa shape index (κ2) is 5.27. The van der Waals surface area contributed by atoms with Crippen molar-refractivity contribution in [3.63, 3.8) is 0 Å². The number of nitrogens with one attached hydrogen (secondary N) is 3. The van der Waals surface area contributed by atoms with E-state index in [9.17, 15) is 13.6 Å². The number of aromatic nitrogens is 1. The van der Waals surface area contributed by atoms with E-state index in [1.165, 1.54) is 12.1 Å². The summed E-state index contributed by atoms with van der Waals surface area (Å²) < 4.78 is 27.2. The maximum Gasteiger partial charge on any atom is 0.268 e. The third-order valence-electron chi connectivity index (χ3n) is 3.83. The van der Waals surface area contributed by atoms with Gasteiger partial charge in [-0.3, -0.25) is 4.79 Å². The van der Waals surface area contributed by atoms with Crippen LogP contribution in [0.4, 0.5) is 8.78 Å². The summed E-state index contributed by atoms with van der Waals surface area (Å²) in [5.41, 5.74) is 0.129. The third-order valence-corrected chi connectivity index (χ3v) is 4.11. The van der Waals surface area contributed by atoms with Crippen LogP contribution in [-0.2, 0) is 0 Å². The number of rotatable bonds is 2.